The average Bonchev–Trinajstić information content (AvgIpc) is 2.97. The van der Waals surface area contributed by atoms with Crippen LogP contribution in [0.2, 0.25) is 0 Å². The summed E-state index contributed by atoms with van der Waals surface area (Å²) in [6.45, 7) is 7.30. The molecule has 0 aromatic heterocycles. The maximum Gasteiger partial charge on any atom is 0.573 e. The van der Waals surface area contributed by atoms with Gasteiger partial charge in [0, 0.05) is 6.04 Å². The van der Waals surface area contributed by atoms with Gasteiger partial charge in [0.05, 0.1) is 0 Å². The second kappa shape index (κ2) is 5.87. The van der Waals surface area contributed by atoms with Crippen LogP contribution in [0.15, 0.2) is 24.3 Å². The highest BCUT2D eigenvalue weighted by molar-refractivity contribution is 5.32. The summed E-state index contributed by atoms with van der Waals surface area (Å²) < 4.78 is 41.0. The number of halogens is 3. The van der Waals surface area contributed by atoms with E-state index in [-0.39, 0.29) is 17.2 Å². The fourth-order valence-electron chi connectivity index (χ4n) is 2.77. The summed E-state index contributed by atoms with van der Waals surface area (Å²) in [5, 5.41) is 3.46. The Labute approximate surface area is 123 Å². The van der Waals surface area contributed by atoms with Gasteiger partial charge in [0.1, 0.15) is 5.75 Å². The standard InChI is InChI=1S/C16H22F3NO/c1-4-8-20-14(13-10-15(13,2)3)11-6-5-7-12(9-11)21-16(17,18)19/h5-7,9,13-14,20H,4,8,10H2,1-3H3. The van der Waals surface area contributed by atoms with E-state index in [1.165, 1.54) is 12.1 Å². The van der Waals surface area contributed by atoms with E-state index < -0.39 is 6.36 Å². The predicted octanol–water partition coefficient (Wildman–Crippen LogP) is 4.67. The average molecular weight is 301 g/mol. The Morgan fingerprint density at radius 3 is 2.57 bits per heavy atom. The Balaban J connectivity index is 2.18. The molecule has 0 heterocycles. The van der Waals surface area contributed by atoms with Crippen LogP contribution in [0, 0.1) is 11.3 Å². The highest BCUT2D eigenvalue weighted by Gasteiger charge is 2.50. The first-order chi connectivity index (χ1) is 9.73. The van der Waals surface area contributed by atoms with E-state index in [1.807, 2.05) is 6.07 Å². The normalized spacial score (nSPS) is 21.9. The van der Waals surface area contributed by atoms with Gasteiger partial charge in [-0.2, -0.15) is 0 Å². The van der Waals surface area contributed by atoms with Crippen molar-refractivity contribution in [2.24, 2.45) is 11.3 Å². The summed E-state index contributed by atoms with van der Waals surface area (Å²) >= 11 is 0. The number of hydrogen-bond donors (Lipinski definition) is 1. The molecule has 21 heavy (non-hydrogen) atoms. The third-order valence-corrected chi connectivity index (χ3v) is 4.06. The zero-order valence-corrected chi connectivity index (χ0v) is 12.6. The molecule has 0 saturated heterocycles. The zero-order valence-electron chi connectivity index (χ0n) is 12.6. The maximum atomic E-state index is 12.3. The van der Waals surface area contributed by atoms with Gasteiger partial charge >= 0.3 is 6.36 Å². The molecular formula is C16H22F3NO. The SMILES string of the molecule is CCCNC(c1cccc(OC(F)(F)F)c1)C1CC1(C)C. The van der Waals surface area contributed by atoms with E-state index in [0.717, 1.165) is 24.9 Å². The molecule has 0 spiro atoms. The van der Waals surface area contributed by atoms with Crippen LogP contribution in [-0.4, -0.2) is 12.9 Å². The van der Waals surface area contributed by atoms with Crippen molar-refractivity contribution in [3.05, 3.63) is 29.8 Å². The Morgan fingerprint density at radius 1 is 1.38 bits per heavy atom. The highest BCUT2D eigenvalue weighted by Crippen LogP contribution is 2.57. The molecule has 0 aliphatic heterocycles. The van der Waals surface area contributed by atoms with Gasteiger partial charge in [0.2, 0.25) is 0 Å². The lowest BCUT2D eigenvalue weighted by Gasteiger charge is -2.21. The van der Waals surface area contributed by atoms with Crippen LogP contribution >= 0.6 is 0 Å². The molecule has 0 amide bonds. The van der Waals surface area contributed by atoms with Crippen LogP contribution in [-0.2, 0) is 0 Å². The van der Waals surface area contributed by atoms with Gasteiger partial charge in [-0.25, -0.2) is 0 Å². The molecule has 1 aliphatic carbocycles. The molecule has 1 aliphatic rings. The van der Waals surface area contributed by atoms with Gasteiger partial charge in [-0.1, -0.05) is 32.9 Å². The molecule has 1 aromatic carbocycles. The van der Waals surface area contributed by atoms with Crippen molar-refractivity contribution in [3.63, 3.8) is 0 Å². The molecular weight excluding hydrogens is 279 g/mol. The first-order valence-electron chi connectivity index (χ1n) is 7.32. The Kier molecular flexibility index (Phi) is 4.51. The maximum absolute atomic E-state index is 12.3. The van der Waals surface area contributed by atoms with Crippen LogP contribution in [0.5, 0.6) is 5.75 Å². The van der Waals surface area contributed by atoms with Crippen molar-refractivity contribution >= 4 is 0 Å². The molecule has 118 valence electrons. The van der Waals surface area contributed by atoms with Crippen LogP contribution in [0.4, 0.5) is 13.2 Å². The zero-order chi connectivity index (χ0) is 15.7. The molecule has 2 nitrogen and oxygen atoms in total. The monoisotopic (exact) mass is 301 g/mol. The summed E-state index contributed by atoms with van der Waals surface area (Å²) in [7, 11) is 0. The molecule has 1 N–H and O–H groups in total. The largest absolute Gasteiger partial charge is 0.573 e. The highest BCUT2D eigenvalue weighted by atomic mass is 19.4. The smallest absolute Gasteiger partial charge is 0.406 e. The van der Waals surface area contributed by atoms with Crippen molar-refractivity contribution in [1.82, 2.24) is 5.32 Å². The molecule has 2 unspecified atom stereocenters. The van der Waals surface area contributed by atoms with Gasteiger partial charge in [0.25, 0.3) is 0 Å². The summed E-state index contributed by atoms with van der Waals surface area (Å²) in [6.07, 6.45) is -2.58. The van der Waals surface area contributed by atoms with Crippen LogP contribution < -0.4 is 10.1 Å². The van der Waals surface area contributed by atoms with Crippen LogP contribution in [0.1, 0.15) is 45.2 Å². The number of nitrogens with one attached hydrogen (secondary N) is 1. The lowest BCUT2D eigenvalue weighted by Crippen LogP contribution is -2.25. The fraction of sp³-hybridized carbons (Fsp3) is 0.625. The topological polar surface area (TPSA) is 21.3 Å². The van der Waals surface area contributed by atoms with E-state index in [1.54, 1.807) is 6.07 Å². The van der Waals surface area contributed by atoms with Crippen LogP contribution in [0.3, 0.4) is 0 Å². The lowest BCUT2D eigenvalue weighted by atomic mass is 9.96. The molecule has 2 rings (SSSR count). The second-order valence-electron chi connectivity index (χ2n) is 6.35. The Bertz CT molecular complexity index is 485. The van der Waals surface area contributed by atoms with Crippen molar-refractivity contribution in [3.8, 4) is 5.75 Å². The third-order valence-electron chi connectivity index (χ3n) is 4.06. The fourth-order valence-corrected chi connectivity index (χ4v) is 2.77. The molecule has 0 bridgehead atoms. The van der Waals surface area contributed by atoms with Gasteiger partial charge < -0.3 is 10.1 Å². The molecule has 0 radical (unpaired) electrons. The Morgan fingerprint density at radius 2 is 2.05 bits per heavy atom. The van der Waals surface area contributed by atoms with Gasteiger partial charge in [-0.15, -0.1) is 13.2 Å². The van der Waals surface area contributed by atoms with Crippen molar-refractivity contribution in [1.29, 1.82) is 0 Å². The minimum Gasteiger partial charge on any atom is -0.406 e. The minimum absolute atomic E-state index is 0.0803. The van der Waals surface area contributed by atoms with Crippen molar-refractivity contribution in [2.75, 3.05) is 6.54 Å². The lowest BCUT2D eigenvalue weighted by molar-refractivity contribution is -0.274. The number of alkyl halides is 3. The van der Waals surface area contributed by atoms with E-state index in [0.29, 0.717) is 5.92 Å². The Hall–Kier alpha value is -1.23. The minimum atomic E-state index is -4.65. The van der Waals surface area contributed by atoms with Gasteiger partial charge in [0.15, 0.2) is 0 Å². The molecule has 5 heteroatoms. The van der Waals surface area contributed by atoms with Gasteiger partial charge in [-0.05, 0) is 48.4 Å². The number of hydrogen-bond acceptors (Lipinski definition) is 2. The first kappa shape index (κ1) is 16.1. The molecule has 1 saturated carbocycles. The summed E-state index contributed by atoms with van der Waals surface area (Å²) in [5.74, 6) is 0.298. The van der Waals surface area contributed by atoms with Crippen LogP contribution in [0.25, 0.3) is 0 Å². The quantitative estimate of drug-likeness (QED) is 0.824. The van der Waals surface area contributed by atoms with E-state index in [2.05, 4.69) is 30.8 Å². The number of benzene rings is 1. The van der Waals surface area contributed by atoms with Crippen molar-refractivity contribution < 1.29 is 17.9 Å². The van der Waals surface area contributed by atoms with E-state index in [9.17, 15) is 13.2 Å². The molecule has 1 fully saturated rings. The summed E-state index contributed by atoms with van der Waals surface area (Å²) in [5.41, 5.74) is 1.10. The van der Waals surface area contributed by atoms with Gasteiger partial charge in [-0.3, -0.25) is 0 Å². The van der Waals surface area contributed by atoms with E-state index in [4.69, 9.17) is 0 Å². The first-order valence-corrected chi connectivity index (χ1v) is 7.32. The summed E-state index contributed by atoms with van der Waals surface area (Å²) in [6, 6.07) is 6.40. The molecule has 2 atom stereocenters. The predicted molar refractivity (Wildman–Crippen MR) is 76.0 cm³/mol. The third kappa shape index (κ3) is 4.37. The van der Waals surface area contributed by atoms with Crippen molar-refractivity contribution in [2.45, 2.75) is 46.0 Å². The summed E-state index contributed by atoms with van der Waals surface area (Å²) in [4.78, 5) is 0. The number of ether oxygens (including phenoxy) is 1. The van der Waals surface area contributed by atoms with E-state index >= 15 is 0 Å². The molecule has 1 aromatic rings. The second-order valence-corrected chi connectivity index (χ2v) is 6.35. The number of rotatable bonds is 6.